The minimum Gasteiger partial charge on any atom is -0.384 e. The predicted octanol–water partition coefficient (Wildman–Crippen LogP) is 2.21. The van der Waals surface area contributed by atoms with E-state index >= 15 is 0 Å². The van der Waals surface area contributed by atoms with Gasteiger partial charge in [-0.1, -0.05) is 12.8 Å². The minimum atomic E-state index is 0.576. The molecule has 0 radical (unpaired) electrons. The van der Waals surface area contributed by atoms with E-state index in [0.717, 1.165) is 24.3 Å². The van der Waals surface area contributed by atoms with E-state index in [2.05, 4.69) is 21.8 Å². The average Bonchev–Trinajstić information content (AvgIpc) is 2.66. The van der Waals surface area contributed by atoms with Crippen molar-refractivity contribution in [1.29, 1.82) is 0 Å². The lowest BCUT2D eigenvalue weighted by molar-refractivity contribution is 0.145. The fraction of sp³-hybridized carbons (Fsp3) is 0.714. The summed E-state index contributed by atoms with van der Waals surface area (Å²) in [4.78, 5) is 11.3. The Bertz CT molecular complexity index is 420. The molecule has 2 heterocycles. The number of aromatic nitrogens is 2. The molecule has 18 heavy (non-hydrogen) atoms. The van der Waals surface area contributed by atoms with Crippen molar-refractivity contribution >= 4 is 5.82 Å². The topological polar surface area (TPSA) is 55.0 Å². The van der Waals surface area contributed by atoms with Crippen molar-refractivity contribution in [3.63, 3.8) is 0 Å². The maximum atomic E-state index is 5.73. The van der Waals surface area contributed by atoms with Crippen LogP contribution in [0.1, 0.15) is 44.9 Å². The third-order valence-corrected chi connectivity index (χ3v) is 4.56. The first-order valence-corrected chi connectivity index (χ1v) is 7.07. The summed E-state index contributed by atoms with van der Waals surface area (Å²) < 4.78 is 0. The Balaban J connectivity index is 1.75. The first-order chi connectivity index (χ1) is 8.74. The molecule has 2 aliphatic rings. The molecule has 0 bridgehead atoms. The molecular weight excluding hydrogens is 224 g/mol. The van der Waals surface area contributed by atoms with Gasteiger partial charge < -0.3 is 5.73 Å². The average molecular weight is 246 g/mol. The normalized spacial score (nSPS) is 32.4. The summed E-state index contributed by atoms with van der Waals surface area (Å²) in [5.74, 6) is 2.34. The Morgan fingerprint density at radius 2 is 2.22 bits per heavy atom. The van der Waals surface area contributed by atoms with Crippen molar-refractivity contribution in [2.24, 2.45) is 5.92 Å². The maximum Gasteiger partial charge on any atom is 0.144 e. The highest BCUT2D eigenvalue weighted by molar-refractivity contribution is 5.25. The van der Waals surface area contributed by atoms with Crippen LogP contribution in [-0.4, -0.2) is 27.0 Å². The SMILES string of the molecule is CC1CC2CCCCC2N1Cc1nccc(N)n1. The van der Waals surface area contributed by atoms with Crippen LogP contribution in [0.2, 0.25) is 0 Å². The molecule has 98 valence electrons. The zero-order valence-corrected chi connectivity index (χ0v) is 11.0. The largest absolute Gasteiger partial charge is 0.384 e. The summed E-state index contributed by atoms with van der Waals surface area (Å²) in [6, 6.07) is 3.15. The molecule has 4 nitrogen and oxygen atoms in total. The summed E-state index contributed by atoms with van der Waals surface area (Å²) in [6.45, 7) is 3.19. The van der Waals surface area contributed by atoms with Crippen LogP contribution in [0.5, 0.6) is 0 Å². The summed E-state index contributed by atoms with van der Waals surface area (Å²) in [6.07, 6.45) is 8.64. The van der Waals surface area contributed by atoms with Gasteiger partial charge in [0.1, 0.15) is 11.6 Å². The Kier molecular flexibility index (Phi) is 3.20. The van der Waals surface area contributed by atoms with Gasteiger partial charge in [-0.3, -0.25) is 4.90 Å². The summed E-state index contributed by atoms with van der Waals surface area (Å²) >= 11 is 0. The molecule has 3 rings (SSSR count). The van der Waals surface area contributed by atoms with Gasteiger partial charge in [0, 0.05) is 18.3 Å². The number of nitrogen functional groups attached to an aromatic ring is 1. The molecule has 0 aromatic carbocycles. The number of likely N-dealkylation sites (tertiary alicyclic amines) is 1. The molecule has 2 fully saturated rings. The van der Waals surface area contributed by atoms with E-state index < -0.39 is 0 Å². The predicted molar refractivity (Wildman–Crippen MR) is 71.8 cm³/mol. The van der Waals surface area contributed by atoms with E-state index in [1.54, 1.807) is 12.3 Å². The summed E-state index contributed by atoms with van der Waals surface area (Å²) in [5.41, 5.74) is 5.73. The molecule has 4 heteroatoms. The van der Waals surface area contributed by atoms with Gasteiger partial charge in [0.2, 0.25) is 0 Å². The van der Waals surface area contributed by atoms with Gasteiger partial charge in [-0.2, -0.15) is 0 Å². The number of hydrogen-bond donors (Lipinski definition) is 1. The van der Waals surface area contributed by atoms with Crippen molar-refractivity contribution in [3.8, 4) is 0 Å². The molecular formula is C14H22N4. The van der Waals surface area contributed by atoms with Gasteiger partial charge in [0.05, 0.1) is 6.54 Å². The van der Waals surface area contributed by atoms with Crippen molar-refractivity contribution in [2.45, 2.75) is 57.7 Å². The third-order valence-electron chi connectivity index (χ3n) is 4.56. The monoisotopic (exact) mass is 246 g/mol. The van der Waals surface area contributed by atoms with Crippen LogP contribution < -0.4 is 5.73 Å². The second kappa shape index (κ2) is 4.84. The number of fused-ring (bicyclic) bond motifs is 1. The van der Waals surface area contributed by atoms with Crippen molar-refractivity contribution in [1.82, 2.24) is 14.9 Å². The fourth-order valence-electron chi connectivity index (χ4n) is 3.73. The molecule has 1 aliphatic carbocycles. The molecule has 3 atom stereocenters. The van der Waals surface area contributed by atoms with E-state index in [4.69, 9.17) is 5.73 Å². The molecule has 1 saturated heterocycles. The zero-order chi connectivity index (χ0) is 12.5. The lowest BCUT2D eigenvalue weighted by Crippen LogP contribution is -2.37. The third kappa shape index (κ3) is 2.21. The van der Waals surface area contributed by atoms with E-state index in [0.29, 0.717) is 11.9 Å². The van der Waals surface area contributed by atoms with Crippen molar-refractivity contribution in [2.75, 3.05) is 5.73 Å². The highest BCUT2D eigenvalue weighted by Crippen LogP contribution is 2.39. The second-order valence-corrected chi connectivity index (χ2v) is 5.77. The van der Waals surface area contributed by atoms with Crippen LogP contribution in [0.3, 0.4) is 0 Å². The van der Waals surface area contributed by atoms with Gasteiger partial charge in [-0.25, -0.2) is 9.97 Å². The van der Waals surface area contributed by atoms with Crippen LogP contribution in [0.15, 0.2) is 12.3 Å². The number of anilines is 1. The van der Waals surface area contributed by atoms with Gasteiger partial charge in [-0.15, -0.1) is 0 Å². The van der Waals surface area contributed by atoms with Crippen molar-refractivity contribution in [3.05, 3.63) is 18.1 Å². The van der Waals surface area contributed by atoms with E-state index in [1.165, 1.54) is 32.1 Å². The number of nitrogens with two attached hydrogens (primary N) is 1. The number of rotatable bonds is 2. The van der Waals surface area contributed by atoms with E-state index in [-0.39, 0.29) is 0 Å². The van der Waals surface area contributed by atoms with Gasteiger partial charge in [-0.05, 0) is 38.2 Å². The van der Waals surface area contributed by atoms with Crippen LogP contribution in [0, 0.1) is 5.92 Å². The van der Waals surface area contributed by atoms with E-state index in [1.807, 2.05) is 0 Å². The Morgan fingerprint density at radius 3 is 3.06 bits per heavy atom. The summed E-state index contributed by atoms with van der Waals surface area (Å²) in [7, 11) is 0. The smallest absolute Gasteiger partial charge is 0.144 e. The number of hydrogen-bond acceptors (Lipinski definition) is 4. The van der Waals surface area contributed by atoms with E-state index in [9.17, 15) is 0 Å². The lowest BCUT2D eigenvalue weighted by atomic mass is 9.85. The molecule has 3 unspecified atom stereocenters. The molecule has 0 amide bonds. The van der Waals surface area contributed by atoms with Crippen LogP contribution in [0.4, 0.5) is 5.82 Å². The molecule has 1 saturated carbocycles. The Labute approximate surface area is 109 Å². The zero-order valence-electron chi connectivity index (χ0n) is 11.0. The Hall–Kier alpha value is -1.16. The minimum absolute atomic E-state index is 0.576. The first-order valence-electron chi connectivity index (χ1n) is 7.07. The van der Waals surface area contributed by atoms with Crippen molar-refractivity contribution < 1.29 is 0 Å². The second-order valence-electron chi connectivity index (χ2n) is 5.77. The van der Waals surface area contributed by atoms with Gasteiger partial charge in [0.25, 0.3) is 0 Å². The first kappa shape index (κ1) is 11.9. The van der Waals surface area contributed by atoms with Crippen LogP contribution in [-0.2, 0) is 6.54 Å². The quantitative estimate of drug-likeness (QED) is 0.869. The standard InChI is InChI=1S/C14H22N4/c1-10-8-11-4-2-3-5-12(11)18(10)9-14-16-7-6-13(15)17-14/h6-7,10-12H,2-5,8-9H2,1H3,(H2,15,16,17). The number of nitrogens with zero attached hydrogens (tertiary/aromatic N) is 3. The van der Waals surface area contributed by atoms with Crippen LogP contribution >= 0.6 is 0 Å². The molecule has 2 N–H and O–H groups in total. The highest BCUT2D eigenvalue weighted by atomic mass is 15.2. The highest BCUT2D eigenvalue weighted by Gasteiger charge is 2.40. The fourth-order valence-corrected chi connectivity index (χ4v) is 3.73. The Morgan fingerprint density at radius 1 is 1.39 bits per heavy atom. The summed E-state index contributed by atoms with van der Waals surface area (Å²) in [5, 5.41) is 0. The molecule has 0 spiro atoms. The van der Waals surface area contributed by atoms with Gasteiger partial charge >= 0.3 is 0 Å². The molecule has 1 aromatic rings. The lowest BCUT2D eigenvalue weighted by Gasteiger charge is -2.32. The molecule has 1 aromatic heterocycles. The van der Waals surface area contributed by atoms with Gasteiger partial charge in [0.15, 0.2) is 0 Å². The van der Waals surface area contributed by atoms with Crippen LogP contribution in [0.25, 0.3) is 0 Å². The maximum absolute atomic E-state index is 5.73. The molecule has 1 aliphatic heterocycles.